The van der Waals surface area contributed by atoms with E-state index in [-0.39, 0.29) is 6.10 Å². The van der Waals surface area contributed by atoms with Crippen LogP contribution in [0.15, 0.2) is 24.7 Å². The lowest BCUT2D eigenvalue weighted by Crippen LogP contribution is -2.17. The molecule has 3 aromatic heterocycles. The molecular formula is C15H18N6O2. The average Bonchev–Trinajstić information content (AvgIpc) is 3.27. The van der Waals surface area contributed by atoms with E-state index < -0.39 is 0 Å². The lowest BCUT2D eigenvalue weighted by molar-refractivity contribution is 0.139. The first kappa shape index (κ1) is 14.0. The van der Waals surface area contributed by atoms with Crippen LogP contribution in [0.2, 0.25) is 0 Å². The second-order valence-corrected chi connectivity index (χ2v) is 5.50. The molecule has 1 aliphatic rings. The van der Waals surface area contributed by atoms with Crippen LogP contribution < -0.4 is 10.1 Å². The second-order valence-electron chi connectivity index (χ2n) is 5.50. The predicted molar refractivity (Wildman–Crippen MR) is 85.0 cm³/mol. The largest absolute Gasteiger partial charge is 0.470 e. The zero-order valence-corrected chi connectivity index (χ0v) is 13.1. The van der Waals surface area contributed by atoms with Gasteiger partial charge in [-0.2, -0.15) is 10.1 Å². The van der Waals surface area contributed by atoms with Crippen molar-refractivity contribution in [2.24, 2.45) is 7.05 Å². The Morgan fingerprint density at radius 1 is 1.39 bits per heavy atom. The molecule has 1 atom stereocenters. The first-order valence-corrected chi connectivity index (χ1v) is 7.55. The van der Waals surface area contributed by atoms with Gasteiger partial charge in [-0.05, 0) is 6.07 Å². The summed E-state index contributed by atoms with van der Waals surface area (Å²) in [5.41, 5.74) is 2.60. The summed E-state index contributed by atoms with van der Waals surface area (Å²) in [6.45, 7) is 1.31. The van der Waals surface area contributed by atoms with E-state index in [9.17, 15) is 0 Å². The van der Waals surface area contributed by atoms with E-state index in [0.29, 0.717) is 18.4 Å². The molecule has 0 radical (unpaired) electrons. The lowest BCUT2D eigenvalue weighted by atomic mass is 10.3. The average molecular weight is 314 g/mol. The zero-order chi connectivity index (χ0) is 15.8. The Morgan fingerprint density at radius 3 is 3.00 bits per heavy atom. The predicted octanol–water partition coefficient (Wildman–Crippen LogP) is 1.36. The maximum Gasteiger partial charge on any atom is 0.244 e. The summed E-state index contributed by atoms with van der Waals surface area (Å²) in [6.07, 6.45) is 6.58. The number of aromatic nitrogens is 5. The molecule has 0 amide bonds. The number of nitrogens with one attached hydrogen (secondary N) is 1. The Labute approximate surface area is 133 Å². The lowest BCUT2D eigenvalue weighted by Gasteiger charge is -2.14. The number of rotatable bonds is 4. The SMILES string of the molecule is CNc1nc(OC2CCOC2)c2c(ccn2-c2cnn(C)c2)n1. The van der Waals surface area contributed by atoms with Crippen LogP contribution >= 0.6 is 0 Å². The van der Waals surface area contributed by atoms with E-state index in [2.05, 4.69) is 20.4 Å². The van der Waals surface area contributed by atoms with E-state index in [1.165, 1.54) is 0 Å². The standard InChI is InChI=1S/C15H18N6O2/c1-16-15-18-12-3-5-21(10-7-17-20(2)8-10)13(12)14(19-15)23-11-4-6-22-9-11/h3,5,7-8,11H,4,6,9H2,1-2H3,(H,16,18,19). The smallest absolute Gasteiger partial charge is 0.244 e. The summed E-state index contributed by atoms with van der Waals surface area (Å²) in [4.78, 5) is 9.00. The summed E-state index contributed by atoms with van der Waals surface area (Å²) >= 11 is 0. The molecule has 1 aliphatic heterocycles. The van der Waals surface area contributed by atoms with Gasteiger partial charge in [-0.3, -0.25) is 4.68 Å². The third-order valence-corrected chi connectivity index (χ3v) is 3.86. The fraction of sp³-hybridized carbons (Fsp3) is 0.400. The molecule has 1 N–H and O–H groups in total. The van der Waals surface area contributed by atoms with Crippen molar-refractivity contribution in [3.63, 3.8) is 0 Å². The molecule has 0 saturated carbocycles. The number of fused-ring (bicyclic) bond motifs is 1. The van der Waals surface area contributed by atoms with Crippen LogP contribution in [0.25, 0.3) is 16.7 Å². The molecule has 3 aromatic rings. The number of hydrogen-bond acceptors (Lipinski definition) is 6. The van der Waals surface area contributed by atoms with Crippen molar-refractivity contribution < 1.29 is 9.47 Å². The summed E-state index contributed by atoms with van der Waals surface area (Å²) < 4.78 is 15.2. The van der Waals surface area contributed by atoms with Gasteiger partial charge in [0.25, 0.3) is 0 Å². The van der Waals surface area contributed by atoms with Crippen LogP contribution in [0.5, 0.6) is 5.88 Å². The molecule has 8 heteroatoms. The monoisotopic (exact) mass is 314 g/mol. The normalized spacial score (nSPS) is 17.7. The molecule has 0 spiro atoms. The molecule has 4 rings (SSSR count). The third kappa shape index (κ3) is 2.50. The maximum atomic E-state index is 6.09. The number of nitrogens with zero attached hydrogens (tertiary/aromatic N) is 5. The molecule has 0 aromatic carbocycles. The van der Waals surface area contributed by atoms with Crippen molar-refractivity contribution in [2.75, 3.05) is 25.6 Å². The van der Waals surface area contributed by atoms with Crippen LogP contribution in [-0.4, -0.2) is 50.7 Å². The summed E-state index contributed by atoms with van der Waals surface area (Å²) in [5.74, 6) is 1.10. The molecule has 1 unspecified atom stereocenters. The molecule has 120 valence electrons. The quantitative estimate of drug-likeness (QED) is 0.783. The topological polar surface area (TPSA) is 79.0 Å². The van der Waals surface area contributed by atoms with Gasteiger partial charge >= 0.3 is 0 Å². The Hall–Kier alpha value is -2.61. The Morgan fingerprint density at radius 2 is 2.30 bits per heavy atom. The van der Waals surface area contributed by atoms with Crippen molar-refractivity contribution >= 4 is 17.0 Å². The molecular weight excluding hydrogens is 296 g/mol. The molecule has 0 bridgehead atoms. The van der Waals surface area contributed by atoms with Crippen LogP contribution in [0.1, 0.15) is 6.42 Å². The molecule has 4 heterocycles. The maximum absolute atomic E-state index is 6.09. The summed E-state index contributed by atoms with van der Waals surface area (Å²) in [7, 11) is 3.68. The minimum absolute atomic E-state index is 0.0232. The fourth-order valence-corrected chi connectivity index (χ4v) is 2.72. The highest BCUT2D eigenvalue weighted by molar-refractivity contribution is 5.83. The number of aryl methyl sites for hydroxylation is 1. The number of anilines is 1. The zero-order valence-electron chi connectivity index (χ0n) is 13.1. The summed E-state index contributed by atoms with van der Waals surface area (Å²) in [6, 6.07) is 1.95. The second kappa shape index (κ2) is 5.54. The van der Waals surface area contributed by atoms with Crippen molar-refractivity contribution in [3.05, 3.63) is 24.7 Å². The molecule has 1 fully saturated rings. The first-order chi connectivity index (χ1) is 11.2. The highest BCUT2D eigenvalue weighted by atomic mass is 16.5. The van der Waals surface area contributed by atoms with Gasteiger partial charge in [0.1, 0.15) is 11.6 Å². The highest BCUT2D eigenvalue weighted by Gasteiger charge is 2.22. The van der Waals surface area contributed by atoms with E-state index in [1.807, 2.05) is 30.1 Å². The van der Waals surface area contributed by atoms with E-state index in [1.54, 1.807) is 17.9 Å². The Kier molecular flexibility index (Phi) is 3.38. The molecule has 8 nitrogen and oxygen atoms in total. The minimum atomic E-state index is 0.0232. The van der Waals surface area contributed by atoms with Crippen molar-refractivity contribution in [1.82, 2.24) is 24.3 Å². The Balaban J connectivity index is 1.84. The van der Waals surface area contributed by atoms with Crippen LogP contribution in [-0.2, 0) is 11.8 Å². The van der Waals surface area contributed by atoms with Crippen LogP contribution in [0.4, 0.5) is 5.95 Å². The van der Waals surface area contributed by atoms with Gasteiger partial charge in [-0.25, -0.2) is 4.98 Å². The number of ether oxygens (including phenoxy) is 2. The van der Waals surface area contributed by atoms with Gasteiger partial charge in [0, 0.05) is 32.9 Å². The van der Waals surface area contributed by atoms with Crippen molar-refractivity contribution in [3.8, 4) is 11.6 Å². The number of hydrogen-bond donors (Lipinski definition) is 1. The summed E-state index contributed by atoms with van der Waals surface area (Å²) in [5, 5.41) is 7.21. The van der Waals surface area contributed by atoms with Gasteiger partial charge in [-0.1, -0.05) is 0 Å². The van der Waals surface area contributed by atoms with Crippen LogP contribution in [0.3, 0.4) is 0 Å². The minimum Gasteiger partial charge on any atom is -0.470 e. The molecule has 0 aliphatic carbocycles. The fourth-order valence-electron chi connectivity index (χ4n) is 2.72. The molecule has 1 saturated heterocycles. The molecule has 23 heavy (non-hydrogen) atoms. The van der Waals surface area contributed by atoms with Crippen molar-refractivity contribution in [2.45, 2.75) is 12.5 Å². The van der Waals surface area contributed by atoms with E-state index >= 15 is 0 Å². The van der Waals surface area contributed by atoms with Gasteiger partial charge in [0.2, 0.25) is 11.8 Å². The van der Waals surface area contributed by atoms with E-state index in [4.69, 9.17) is 9.47 Å². The Bertz CT molecular complexity index is 834. The van der Waals surface area contributed by atoms with Gasteiger partial charge in [0.05, 0.1) is 30.6 Å². The van der Waals surface area contributed by atoms with E-state index in [0.717, 1.165) is 29.7 Å². The van der Waals surface area contributed by atoms with Crippen LogP contribution in [0, 0.1) is 0 Å². The third-order valence-electron chi connectivity index (χ3n) is 3.86. The van der Waals surface area contributed by atoms with Crippen molar-refractivity contribution in [1.29, 1.82) is 0 Å². The van der Waals surface area contributed by atoms with Gasteiger partial charge in [-0.15, -0.1) is 0 Å². The van der Waals surface area contributed by atoms with Gasteiger partial charge < -0.3 is 19.4 Å². The first-order valence-electron chi connectivity index (χ1n) is 7.55. The highest BCUT2D eigenvalue weighted by Crippen LogP contribution is 2.29. The van der Waals surface area contributed by atoms with Gasteiger partial charge in [0.15, 0.2) is 0 Å².